The number of pyridine rings is 1. The lowest BCUT2D eigenvalue weighted by molar-refractivity contribution is 0.0912. The molecule has 0 spiro atoms. The Labute approximate surface area is 147 Å². The number of rotatable bonds is 6. The van der Waals surface area contributed by atoms with Crippen molar-refractivity contribution < 1.29 is 13.2 Å². The molecular weight excluding hydrogens is 338 g/mol. The Kier molecular flexibility index (Phi) is 4.87. The van der Waals surface area contributed by atoms with E-state index in [-0.39, 0.29) is 17.4 Å². The molecule has 0 amide bonds. The molecule has 3 aromatic rings. The molecule has 7 heteroatoms. The van der Waals surface area contributed by atoms with Crippen molar-refractivity contribution in [2.45, 2.75) is 32.4 Å². The van der Waals surface area contributed by atoms with Gasteiger partial charge in [0.1, 0.15) is 18.1 Å². The van der Waals surface area contributed by atoms with E-state index in [2.05, 4.69) is 9.97 Å². The fraction of sp³-hybridized carbons (Fsp3) is 0.333. The highest BCUT2D eigenvalue weighted by molar-refractivity contribution is 7.91. The first-order valence-corrected chi connectivity index (χ1v) is 9.86. The SMILES string of the molecule is CCOCn1c(-c2ccccc2S(=O)(=O)CC)nc2cc(C)cnc21. The van der Waals surface area contributed by atoms with Gasteiger partial charge in [-0.3, -0.25) is 4.57 Å². The summed E-state index contributed by atoms with van der Waals surface area (Å²) in [7, 11) is -3.37. The molecule has 6 nitrogen and oxygen atoms in total. The number of nitrogens with zero attached hydrogens (tertiary/aromatic N) is 3. The number of ether oxygens (including phenoxy) is 1. The van der Waals surface area contributed by atoms with Crippen LogP contribution in [0.3, 0.4) is 0 Å². The van der Waals surface area contributed by atoms with Gasteiger partial charge in [-0.1, -0.05) is 19.1 Å². The summed E-state index contributed by atoms with van der Waals surface area (Å²) in [5.74, 6) is 0.585. The molecule has 0 N–H and O–H groups in total. The van der Waals surface area contributed by atoms with Crippen molar-refractivity contribution in [1.82, 2.24) is 14.5 Å². The number of hydrogen-bond donors (Lipinski definition) is 0. The van der Waals surface area contributed by atoms with Crippen LogP contribution in [-0.2, 0) is 21.3 Å². The van der Waals surface area contributed by atoms with Gasteiger partial charge in [-0.25, -0.2) is 18.4 Å². The third kappa shape index (κ3) is 3.29. The highest BCUT2D eigenvalue weighted by Gasteiger charge is 2.22. The van der Waals surface area contributed by atoms with E-state index in [1.807, 2.05) is 30.5 Å². The van der Waals surface area contributed by atoms with Crippen molar-refractivity contribution in [2.24, 2.45) is 0 Å². The van der Waals surface area contributed by atoms with E-state index < -0.39 is 9.84 Å². The van der Waals surface area contributed by atoms with E-state index in [4.69, 9.17) is 4.74 Å². The van der Waals surface area contributed by atoms with Gasteiger partial charge in [0.25, 0.3) is 0 Å². The third-order valence-electron chi connectivity index (χ3n) is 3.99. The van der Waals surface area contributed by atoms with E-state index in [0.29, 0.717) is 23.6 Å². The highest BCUT2D eigenvalue weighted by Crippen LogP contribution is 2.30. The van der Waals surface area contributed by atoms with Crippen molar-refractivity contribution in [1.29, 1.82) is 0 Å². The molecule has 3 rings (SSSR count). The Balaban J connectivity index is 2.29. The van der Waals surface area contributed by atoms with Gasteiger partial charge >= 0.3 is 0 Å². The molecule has 2 heterocycles. The van der Waals surface area contributed by atoms with Gasteiger partial charge < -0.3 is 4.74 Å². The van der Waals surface area contributed by atoms with Gasteiger partial charge in [-0.05, 0) is 37.6 Å². The van der Waals surface area contributed by atoms with E-state index in [9.17, 15) is 8.42 Å². The van der Waals surface area contributed by atoms with Crippen LogP contribution in [0, 0.1) is 6.92 Å². The maximum absolute atomic E-state index is 12.5. The first-order chi connectivity index (χ1) is 12.0. The second-order valence-corrected chi connectivity index (χ2v) is 7.99. The molecule has 2 aromatic heterocycles. The Morgan fingerprint density at radius 2 is 1.96 bits per heavy atom. The van der Waals surface area contributed by atoms with Crippen LogP contribution in [0.25, 0.3) is 22.6 Å². The Bertz CT molecular complexity index is 1010. The monoisotopic (exact) mass is 359 g/mol. The predicted molar refractivity (Wildman–Crippen MR) is 97.1 cm³/mol. The maximum atomic E-state index is 12.5. The molecule has 0 aliphatic heterocycles. The molecule has 0 aliphatic carbocycles. The van der Waals surface area contributed by atoms with Crippen molar-refractivity contribution in [3.63, 3.8) is 0 Å². The minimum Gasteiger partial charge on any atom is -0.361 e. The van der Waals surface area contributed by atoms with E-state index in [1.54, 1.807) is 31.3 Å². The average Bonchev–Trinajstić information content (AvgIpc) is 2.97. The summed E-state index contributed by atoms with van der Waals surface area (Å²) in [5.41, 5.74) is 2.96. The van der Waals surface area contributed by atoms with Crippen LogP contribution in [-0.4, -0.2) is 35.3 Å². The first-order valence-electron chi connectivity index (χ1n) is 8.20. The number of benzene rings is 1. The summed E-state index contributed by atoms with van der Waals surface area (Å²) < 4.78 is 32.4. The highest BCUT2D eigenvalue weighted by atomic mass is 32.2. The van der Waals surface area contributed by atoms with Crippen LogP contribution in [0.2, 0.25) is 0 Å². The Hall–Kier alpha value is -2.25. The molecule has 0 saturated heterocycles. The molecule has 0 fully saturated rings. The fourth-order valence-corrected chi connectivity index (χ4v) is 3.79. The maximum Gasteiger partial charge on any atom is 0.178 e. The van der Waals surface area contributed by atoms with Crippen LogP contribution in [0.5, 0.6) is 0 Å². The van der Waals surface area contributed by atoms with E-state index >= 15 is 0 Å². The average molecular weight is 359 g/mol. The van der Waals surface area contributed by atoms with E-state index in [0.717, 1.165) is 11.1 Å². The van der Waals surface area contributed by atoms with Gasteiger partial charge in [0.2, 0.25) is 0 Å². The predicted octanol–water partition coefficient (Wildman–Crippen LogP) is 3.19. The Morgan fingerprint density at radius 3 is 2.68 bits per heavy atom. The number of hydrogen-bond acceptors (Lipinski definition) is 5. The summed E-state index contributed by atoms with van der Waals surface area (Å²) in [6.45, 7) is 6.30. The normalized spacial score (nSPS) is 12.0. The minimum atomic E-state index is -3.37. The lowest BCUT2D eigenvalue weighted by Crippen LogP contribution is -2.09. The standard InChI is InChI=1S/C18H21N3O3S/c1-4-24-12-21-17(20-15-10-13(3)11-19-18(15)21)14-8-6-7-9-16(14)25(22,23)5-2/h6-11H,4-5,12H2,1-3H3. The molecule has 0 saturated carbocycles. The van der Waals surface area contributed by atoms with Gasteiger partial charge in [-0.2, -0.15) is 0 Å². The molecular formula is C18H21N3O3S. The van der Waals surface area contributed by atoms with Gasteiger partial charge in [0, 0.05) is 18.4 Å². The zero-order valence-electron chi connectivity index (χ0n) is 14.6. The molecule has 0 unspecified atom stereocenters. The second-order valence-electron chi connectivity index (χ2n) is 5.74. The summed E-state index contributed by atoms with van der Waals surface area (Å²) in [6, 6.07) is 8.87. The number of aryl methyl sites for hydroxylation is 1. The fourth-order valence-electron chi connectivity index (χ4n) is 2.70. The number of sulfone groups is 1. The van der Waals surface area contributed by atoms with Gasteiger partial charge in [0.15, 0.2) is 15.5 Å². The van der Waals surface area contributed by atoms with Crippen molar-refractivity contribution in [2.75, 3.05) is 12.4 Å². The molecule has 0 aliphatic rings. The minimum absolute atomic E-state index is 0.0348. The van der Waals surface area contributed by atoms with Crippen LogP contribution in [0.15, 0.2) is 41.4 Å². The van der Waals surface area contributed by atoms with Crippen molar-refractivity contribution in [3.05, 3.63) is 42.1 Å². The van der Waals surface area contributed by atoms with Crippen LogP contribution >= 0.6 is 0 Å². The topological polar surface area (TPSA) is 74.1 Å². The van der Waals surface area contributed by atoms with Crippen molar-refractivity contribution in [3.8, 4) is 11.4 Å². The molecule has 0 atom stereocenters. The molecule has 0 radical (unpaired) electrons. The first kappa shape index (κ1) is 17.6. The molecule has 132 valence electrons. The third-order valence-corrected chi connectivity index (χ3v) is 5.78. The number of aromatic nitrogens is 3. The summed E-state index contributed by atoms with van der Waals surface area (Å²) in [5, 5.41) is 0. The second kappa shape index (κ2) is 6.93. The van der Waals surface area contributed by atoms with Crippen LogP contribution in [0.1, 0.15) is 19.4 Å². The molecule has 25 heavy (non-hydrogen) atoms. The van der Waals surface area contributed by atoms with Gasteiger partial charge in [-0.15, -0.1) is 0 Å². The molecule has 0 bridgehead atoms. The summed E-state index contributed by atoms with van der Waals surface area (Å²) in [6.07, 6.45) is 1.77. The largest absolute Gasteiger partial charge is 0.361 e. The zero-order valence-corrected chi connectivity index (χ0v) is 15.4. The van der Waals surface area contributed by atoms with Crippen LogP contribution < -0.4 is 0 Å². The lowest BCUT2D eigenvalue weighted by atomic mass is 10.2. The summed E-state index contributed by atoms with van der Waals surface area (Å²) >= 11 is 0. The quantitative estimate of drug-likeness (QED) is 0.676. The molecule has 1 aromatic carbocycles. The number of imidazole rings is 1. The van der Waals surface area contributed by atoms with E-state index in [1.165, 1.54) is 0 Å². The van der Waals surface area contributed by atoms with Crippen molar-refractivity contribution >= 4 is 21.0 Å². The number of fused-ring (bicyclic) bond motifs is 1. The smallest absolute Gasteiger partial charge is 0.178 e. The zero-order chi connectivity index (χ0) is 18.0. The lowest BCUT2D eigenvalue weighted by Gasteiger charge is -2.12. The Morgan fingerprint density at radius 1 is 1.20 bits per heavy atom. The van der Waals surface area contributed by atoms with Crippen LogP contribution in [0.4, 0.5) is 0 Å². The summed E-state index contributed by atoms with van der Waals surface area (Å²) in [4.78, 5) is 9.40. The van der Waals surface area contributed by atoms with Gasteiger partial charge in [0.05, 0.1) is 10.6 Å².